The Balaban J connectivity index is 1.52. The average Bonchev–Trinajstić information content (AvgIpc) is 3.27. The topological polar surface area (TPSA) is 79.0 Å². The number of methoxy groups -OCH3 is 1. The first-order valence-electron chi connectivity index (χ1n) is 8.80. The van der Waals surface area contributed by atoms with E-state index >= 15 is 0 Å². The minimum Gasteiger partial charge on any atom is -0.380 e. The molecule has 0 spiro atoms. The van der Waals surface area contributed by atoms with Crippen molar-refractivity contribution in [1.82, 2.24) is 15.1 Å². The quantitative estimate of drug-likeness (QED) is 0.821. The maximum Gasteiger partial charge on any atom is 0.251 e. The molecule has 3 fully saturated rings. The fraction of sp³-hybridized carbons (Fsp3) is 0.500. The van der Waals surface area contributed by atoms with E-state index in [9.17, 15) is 18.8 Å². The lowest BCUT2D eigenvalue weighted by Gasteiger charge is -2.40. The molecule has 0 saturated carbocycles. The standard InChI is InChI=1S/C18H19ClFN3O4/c1-27-10-7-14-17(25)22-5-4-13(15(22)18(26)23(14)8-10)21-16(24)9-2-3-12(20)11(19)6-9/h2-3,6,10,13-15H,4-5,7-8H2,1H3,(H,21,24). The van der Waals surface area contributed by atoms with Crippen LogP contribution in [-0.2, 0) is 14.3 Å². The van der Waals surface area contributed by atoms with Crippen LogP contribution in [0.25, 0.3) is 0 Å². The van der Waals surface area contributed by atoms with Crippen LogP contribution in [0.5, 0.6) is 0 Å². The van der Waals surface area contributed by atoms with Crippen LogP contribution in [0, 0.1) is 5.82 Å². The zero-order chi connectivity index (χ0) is 19.3. The van der Waals surface area contributed by atoms with Crippen LogP contribution in [0.1, 0.15) is 23.2 Å². The van der Waals surface area contributed by atoms with E-state index in [2.05, 4.69) is 5.32 Å². The molecule has 3 heterocycles. The molecule has 0 radical (unpaired) electrons. The van der Waals surface area contributed by atoms with Crippen molar-refractivity contribution in [3.8, 4) is 0 Å². The second-order valence-corrected chi connectivity index (χ2v) is 7.48. The number of fused-ring (bicyclic) bond motifs is 2. The predicted octanol–water partition coefficient (Wildman–Crippen LogP) is 0.808. The maximum absolute atomic E-state index is 13.3. The fourth-order valence-electron chi connectivity index (χ4n) is 4.19. The molecular weight excluding hydrogens is 377 g/mol. The largest absolute Gasteiger partial charge is 0.380 e. The van der Waals surface area contributed by atoms with E-state index in [1.807, 2.05) is 0 Å². The first-order chi connectivity index (χ1) is 12.9. The van der Waals surface area contributed by atoms with Crippen LogP contribution in [0.15, 0.2) is 18.2 Å². The number of hydrogen-bond acceptors (Lipinski definition) is 4. The van der Waals surface area contributed by atoms with E-state index in [-0.39, 0.29) is 28.5 Å². The molecule has 0 aromatic heterocycles. The monoisotopic (exact) mass is 395 g/mol. The number of hydrogen-bond donors (Lipinski definition) is 1. The molecule has 144 valence electrons. The Bertz CT molecular complexity index is 820. The second-order valence-electron chi connectivity index (χ2n) is 7.07. The van der Waals surface area contributed by atoms with Crippen molar-refractivity contribution in [3.63, 3.8) is 0 Å². The number of carbonyl (C=O) groups excluding carboxylic acids is 3. The van der Waals surface area contributed by atoms with Gasteiger partial charge < -0.3 is 19.9 Å². The van der Waals surface area contributed by atoms with Gasteiger partial charge in [0.2, 0.25) is 11.8 Å². The molecule has 3 aliphatic rings. The first kappa shape index (κ1) is 18.2. The van der Waals surface area contributed by atoms with Gasteiger partial charge in [0.1, 0.15) is 17.9 Å². The van der Waals surface area contributed by atoms with Gasteiger partial charge in [-0.2, -0.15) is 0 Å². The van der Waals surface area contributed by atoms with Crippen LogP contribution in [0.2, 0.25) is 5.02 Å². The van der Waals surface area contributed by atoms with Gasteiger partial charge in [0.15, 0.2) is 0 Å². The third-order valence-corrected chi connectivity index (χ3v) is 5.89. The number of benzene rings is 1. The summed E-state index contributed by atoms with van der Waals surface area (Å²) in [4.78, 5) is 41.4. The molecule has 4 unspecified atom stereocenters. The number of nitrogens with zero attached hydrogens (tertiary/aromatic N) is 2. The summed E-state index contributed by atoms with van der Waals surface area (Å²) < 4.78 is 18.6. The number of carbonyl (C=O) groups is 3. The molecule has 9 heteroatoms. The Kier molecular flexibility index (Phi) is 4.55. The molecule has 1 aromatic rings. The van der Waals surface area contributed by atoms with Crippen LogP contribution in [0.3, 0.4) is 0 Å². The van der Waals surface area contributed by atoms with Crippen LogP contribution < -0.4 is 5.32 Å². The van der Waals surface area contributed by atoms with Gasteiger partial charge >= 0.3 is 0 Å². The van der Waals surface area contributed by atoms with Gasteiger partial charge in [-0.1, -0.05) is 11.6 Å². The first-order valence-corrected chi connectivity index (χ1v) is 9.18. The molecule has 1 N–H and O–H groups in total. The Morgan fingerprint density at radius 1 is 1.30 bits per heavy atom. The third-order valence-electron chi connectivity index (χ3n) is 5.60. The van der Waals surface area contributed by atoms with Crippen LogP contribution >= 0.6 is 11.6 Å². The summed E-state index contributed by atoms with van der Waals surface area (Å²) >= 11 is 5.74. The summed E-state index contributed by atoms with van der Waals surface area (Å²) in [7, 11) is 1.57. The highest BCUT2D eigenvalue weighted by molar-refractivity contribution is 6.31. The molecular formula is C18H19ClFN3O4. The zero-order valence-electron chi connectivity index (χ0n) is 14.7. The number of rotatable bonds is 3. The highest BCUT2D eigenvalue weighted by Gasteiger charge is 2.55. The molecule has 4 atom stereocenters. The zero-order valence-corrected chi connectivity index (χ0v) is 15.4. The SMILES string of the molecule is COC1CC2C(=O)N3CCC(NC(=O)c4ccc(F)c(Cl)c4)C3C(=O)N2C1. The van der Waals surface area contributed by atoms with Gasteiger partial charge in [-0.15, -0.1) is 0 Å². The normalized spacial score (nSPS) is 29.7. The lowest BCUT2D eigenvalue weighted by Crippen LogP contribution is -2.64. The summed E-state index contributed by atoms with van der Waals surface area (Å²) in [5.41, 5.74) is 0.202. The van der Waals surface area contributed by atoms with Gasteiger partial charge in [0, 0.05) is 32.2 Å². The van der Waals surface area contributed by atoms with Crippen molar-refractivity contribution in [3.05, 3.63) is 34.6 Å². The molecule has 27 heavy (non-hydrogen) atoms. The number of ether oxygens (including phenoxy) is 1. The van der Waals surface area contributed by atoms with Crippen molar-refractivity contribution in [2.24, 2.45) is 0 Å². The summed E-state index contributed by atoms with van der Waals surface area (Å²) in [6, 6.07) is 1.99. The van der Waals surface area contributed by atoms with Crippen molar-refractivity contribution < 1.29 is 23.5 Å². The Morgan fingerprint density at radius 2 is 2.07 bits per heavy atom. The van der Waals surface area contributed by atoms with E-state index in [1.54, 1.807) is 16.9 Å². The number of nitrogens with one attached hydrogen (secondary N) is 1. The maximum atomic E-state index is 13.3. The van der Waals surface area contributed by atoms with Gasteiger partial charge in [-0.3, -0.25) is 14.4 Å². The fourth-order valence-corrected chi connectivity index (χ4v) is 4.37. The van der Waals surface area contributed by atoms with Crippen molar-refractivity contribution >= 4 is 29.3 Å². The smallest absolute Gasteiger partial charge is 0.251 e. The number of piperazine rings is 1. The highest BCUT2D eigenvalue weighted by Crippen LogP contribution is 2.33. The predicted molar refractivity (Wildman–Crippen MR) is 93.7 cm³/mol. The van der Waals surface area contributed by atoms with Crippen LogP contribution in [0.4, 0.5) is 4.39 Å². The van der Waals surface area contributed by atoms with Crippen molar-refractivity contribution in [2.45, 2.75) is 37.1 Å². The molecule has 0 aliphatic carbocycles. The van der Waals surface area contributed by atoms with E-state index in [0.29, 0.717) is 25.9 Å². The summed E-state index contributed by atoms with van der Waals surface area (Å²) in [5, 5.41) is 2.66. The molecule has 3 amide bonds. The molecule has 4 rings (SSSR count). The Morgan fingerprint density at radius 3 is 2.78 bits per heavy atom. The second kappa shape index (κ2) is 6.76. The molecule has 0 bridgehead atoms. The summed E-state index contributed by atoms with van der Waals surface area (Å²) in [6.07, 6.45) is 0.823. The Labute approximate surface area is 160 Å². The Hall–Kier alpha value is -2.19. The highest BCUT2D eigenvalue weighted by atomic mass is 35.5. The van der Waals surface area contributed by atoms with E-state index in [4.69, 9.17) is 16.3 Å². The average molecular weight is 396 g/mol. The van der Waals surface area contributed by atoms with Gasteiger partial charge in [-0.25, -0.2) is 4.39 Å². The number of halogens is 2. The van der Waals surface area contributed by atoms with Crippen LogP contribution in [-0.4, -0.2) is 72.0 Å². The third kappa shape index (κ3) is 2.96. The lowest BCUT2D eigenvalue weighted by molar-refractivity contribution is -0.157. The van der Waals surface area contributed by atoms with E-state index < -0.39 is 29.8 Å². The molecule has 1 aromatic carbocycles. The van der Waals surface area contributed by atoms with Crippen molar-refractivity contribution in [2.75, 3.05) is 20.2 Å². The van der Waals surface area contributed by atoms with E-state index in [0.717, 1.165) is 6.07 Å². The van der Waals surface area contributed by atoms with E-state index in [1.165, 1.54) is 12.1 Å². The van der Waals surface area contributed by atoms with Gasteiger partial charge in [0.05, 0.1) is 17.2 Å². The minimum absolute atomic E-state index is 0.0966. The lowest BCUT2D eigenvalue weighted by atomic mass is 10.0. The molecule has 3 aliphatic heterocycles. The minimum atomic E-state index is -0.718. The molecule has 7 nitrogen and oxygen atoms in total. The molecule has 3 saturated heterocycles. The summed E-state index contributed by atoms with van der Waals surface area (Å²) in [6.45, 7) is 0.788. The summed E-state index contributed by atoms with van der Waals surface area (Å²) in [5.74, 6) is -1.33. The number of amides is 3. The van der Waals surface area contributed by atoms with Crippen molar-refractivity contribution in [1.29, 1.82) is 0 Å². The van der Waals surface area contributed by atoms with Gasteiger partial charge in [0.25, 0.3) is 5.91 Å². The van der Waals surface area contributed by atoms with Gasteiger partial charge in [-0.05, 0) is 24.6 Å².